The van der Waals surface area contributed by atoms with Gasteiger partial charge in [-0.15, -0.1) is 0 Å². The monoisotopic (exact) mass is 508 g/mol. The molecule has 1 fully saturated rings. The van der Waals surface area contributed by atoms with E-state index in [1.807, 2.05) is 13.8 Å². The fraction of sp³-hybridized carbons (Fsp3) is 0.190. The Bertz CT molecular complexity index is 1090. The lowest BCUT2D eigenvalue weighted by atomic mass is 10.1. The Labute approximate surface area is 192 Å². The molecular weight excluding hydrogens is 492 g/mol. The van der Waals surface area contributed by atoms with E-state index < -0.39 is 11.8 Å². The number of amides is 2. The summed E-state index contributed by atoms with van der Waals surface area (Å²) in [6.45, 7) is 4.14. The number of ether oxygens (including phenoxy) is 2. The Balaban J connectivity index is 2.06. The van der Waals surface area contributed by atoms with Crippen LogP contribution in [-0.4, -0.2) is 30.6 Å². The number of hydrogen-bond donors (Lipinski definition) is 1. The van der Waals surface area contributed by atoms with Crippen LogP contribution in [0.4, 0.5) is 5.69 Å². The predicted molar refractivity (Wildman–Crippen MR) is 124 cm³/mol. The SMILES string of the molecule is CCOc1cc(/C=C2\C(=O)NC(=S)N(c3ccc(C)c(Cl)c3)C2=O)c(Br)cc1OC. The minimum atomic E-state index is -0.583. The number of thiocarbonyl (C=S) groups is 1. The van der Waals surface area contributed by atoms with Crippen LogP contribution >= 0.6 is 39.7 Å². The van der Waals surface area contributed by atoms with Crippen LogP contribution < -0.4 is 19.7 Å². The highest BCUT2D eigenvalue weighted by Crippen LogP contribution is 2.35. The largest absolute Gasteiger partial charge is 0.493 e. The van der Waals surface area contributed by atoms with Crippen molar-refractivity contribution in [3.63, 3.8) is 0 Å². The number of benzene rings is 2. The topological polar surface area (TPSA) is 67.9 Å². The first-order valence-corrected chi connectivity index (χ1v) is 10.5. The number of carbonyl (C=O) groups is 2. The molecule has 9 heteroatoms. The summed E-state index contributed by atoms with van der Waals surface area (Å²) in [5.74, 6) is -0.108. The molecular formula is C21H18BrClN2O4S. The average molecular weight is 510 g/mol. The molecule has 0 aromatic heterocycles. The van der Waals surface area contributed by atoms with Crippen LogP contribution in [0.2, 0.25) is 5.02 Å². The third-order valence-corrected chi connectivity index (χ3v) is 5.78. The first-order valence-electron chi connectivity index (χ1n) is 8.94. The van der Waals surface area contributed by atoms with Crippen molar-refractivity contribution in [2.75, 3.05) is 18.6 Å². The molecule has 0 radical (unpaired) electrons. The van der Waals surface area contributed by atoms with E-state index in [9.17, 15) is 9.59 Å². The van der Waals surface area contributed by atoms with Gasteiger partial charge in [0.05, 0.1) is 19.4 Å². The maximum Gasteiger partial charge on any atom is 0.270 e. The Morgan fingerprint density at radius 3 is 2.60 bits per heavy atom. The van der Waals surface area contributed by atoms with Gasteiger partial charge in [0.2, 0.25) is 0 Å². The molecule has 1 heterocycles. The summed E-state index contributed by atoms with van der Waals surface area (Å²) in [5, 5.41) is 3.04. The summed E-state index contributed by atoms with van der Waals surface area (Å²) < 4.78 is 11.5. The first kappa shape index (κ1) is 22.3. The number of anilines is 1. The van der Waals surface area contributed by atoms with E-state index in [1.54, 1.807) is 30.3 Å². The number of hydrogen-bond acceptors (Lipinski definition) is 5. The van der Waals surface area contributed by atoms with Crippen molar-refractivity contribution >= 4 is 68.4 Å². The van der Waals surface area contributed by atoms with Gasteiger partial charge in [0.15, 0.2) is 16.6 Å². The van der Waals surface area contributed by atoms with Gasteiger partial charge in [-0.25, -0.2) is 0 Å². The highest BCUT2D eigenvalue weighted by Gasteiger charge is 2.34. The molecule has 2 amide bonds. The van der Waals surface area contributed by atoms with Crippen LogP contribution in [0.5, 0.6) is 11.5 Å². The van der Waals surface area contributed by atoms with Crippen LogP contribution in [0, 0.1) is 6.92 Å². The summed E-state index contributed by atoms with van der Waals surface area (Å²) in [6.07, 6.45) is 1.48. The summed E-state index contributed by atoms with van der Waals surface area (Å²) in [6, 6.07) is 8.54. The number of nitrogens with one attached hydrogen (secondary N) is 1. The molecule has 3 rings (SSSR count). The summed E-state index contributed by atoms with van der Waals surface area (Å²) in [5.41, 5.74) is 1.83. The van der Waals surface area contributed by atoms with Gasteiger partial charge in [0, 0.05) is 9.50 Å². The molecule has 0 aliphatic carbocycles. The van der Waals surface area contributed by atoms with Gasteiger partial charge >= 0.3 is 0 Å². The van der Waals surface area contributed by atoms with Gasteiger partial charge in [-0.2, -0.15) is 0 Å². The fourth-order valence-corrected chi connectivity index (χ4v) is 3.75. The van der Waals surface area contributed by atoms with Crippen LogP contribution in [0.25, 0.3) is 6.08 Å². The fourth-order valence-electron chi connectivity index (χ4n) is 2.86. The Hall–Kier alpha value is -2.42. The zero-order chi connectivity index (χ0) is 22.0. The van der Waals surface area contributed by atoms with Crippen LogP contribution in [0.15, 0.2) is 40.4 Å². The van der Waals surface area contributed by atoms with E-state index in [0.29, 0.717) is 38.9 Å². The standard InChI is InChI=1S/C21H18BrClN2O4S/c1-4-29-18-8-12(15(22)10-17(18)28-3)7-14-19(26)24-21(30)25(20(14)27)13-6-5-11(2)16(23)9-13/h5-10H,4H2,1-3H3,(H,24,26,30)/b14-7+. The second kappa shape index (κ2) is 9.16. The van der Waals surface area contributed by atoms with Crippen molar-refractivity contribution in [3.05, 3.63) is 56.5 Å². The second-order valence-electron chi connectivity index (χ2n) is 6.35. The summed E-state index contributed by atoms with van der Waals surface area (Å²) >= 11 is 14.9. The number of halogens is 2. The van der Waals surface area contributed by atoms with E-state index in [-0.39, 0.29) is 10.7 Å². The molecule has 2 aromatic carbocycles. The molecule has 6 nitrogen and oxygen atoms in total. The van der Waals surface area contributed by atoms with Crippen molar-refractivity contribution in [1.29, 1.82) is 0 Å². The molecule has 156 valence electrons. The maximum absolute atomic E-state index is 13.2. The number of rotatable bonds is 5. The second-order valence-corrected chi connectivity index (χ2v) is 8.00. The quantitative estimate of drug-likeness (QED) is 0.361. The summed E-state index contributed by atoms with van der Waals surface area (Å²) in [4.78, 5) is 27.0. The van der Waals surface area contributed by atoms with Crippen LogP contribution in [-0.2, 0) is 9.59 Å². The van der Waals surface area contributed by atoms with Crippen molar-refractivity contribution < 1.29 is 19.1 Å². The molecule has 0 saturated carbocycles. The van der Waals surface area contributed by atoms with Gasteiger partial charge in [-0.05, 0) is 67.5 Å². The Morgan fingerprint density at radius 2 is 1.97 bits per heavy atom. The highest BCUT2D eigenvalue weighted by atomic mass is 79.9. The molecule has 2 aromatic rings. The van der Waals surface area contributed by atoms with Crippen molar-refractivity contribution in [1.82, 2.24) is 5.32 Å². The van der Waals surface area contributed by atoms with E-state index >= 15 is 0 Å². The van der Waals surface area contributed by atoms with Crippen LogP contribution in [0.3, 0.4) is 0 Å². The van der Waals surface area contributed by atoms with Crippen molar-refractivity contribution in [2.45, 2.75) is 13.8 Å². The van der Waals surface area contributed by atoms with E-state index in [4.69, 9.17) is 33.3 Å². The normalized spacial score (nSPS) is 15.4. The maximum atomic E-state index is 13.2. The molecule has 30 heavy (non-hydrogen) atoms. The number of methoxy groups -OCH3 is 1. The van der Waals surface area contributed by atoms with Gasteiger partial charge in [-0.1, -0.05) is 33.6 Å². The Kier molecular flexibility index (Phi) is 6.80. The molecule has 1 aliphatic heterocycles. The van der Waals surface area contributed by atoms with Crippen molar-refractivity contribution in [3.8, 4) is 11.5 Å². The minimum absolute atomic E-state index is 0.00845. The van der Waals surface area contributed by atoms with Gasteiger partial charge in [0.1, 0.15) is 5.57 Å². The minimum Gasteiger partial charge on any atom is -0.493 e. The number of nitrogens with zero attached hydrogens (tertiary/aromatic N) is 1. The molecule has 0 atom stereocenters. The summed E-state index contributed by atoms with van der Waals surface area (Å²) in [7, 11) is 1.53. The number of aryl methyl sites for hydroxylation is 1. The molecule has 0 bridgehead atoms. The lowest BCUT2D eigenvalue weighted by Gasteiger charge is -2.29. The first-order chi connectivity index (χ1) is 14.3. The third kappa shape index (κ3) is 4.35. The molecule has 1 aliphatic rings. The van der Waals surface area contributed by atoms with Gasteiger partial charge in [-0.3, -0.25) is 19.8 Å². The molecule has 1 N–H and O–H groups in total. The van der Waals surface area contributed by atoms with E-state index in [2.05, 4.69) is 21.2 Å². The van der Waals surface area contributed by atoms with E-state index in [1.165, 1.54) is 18.1 Å². The van der Waals surface area contributed by atoms with Crippen LogP contribution in [0.1, 0.15) is 18.1 Å². The lowest BCUT2D eigenvalue weighted by Crippen LogP contribution is -2.54. The smallest absolute Gasteiger partial charge is 0.270 e. The zero-order valence-electron chi connectivity index (χ0n) is 16.4. The zero-order valence-corrected chi connectivity index (χ0v) is 19.6. The molecule has 0 unspecified atom stereocenters. The Morgan fingerprint density at radius 1 is 1.23 bits per heavy atom. The lowest BCUT2D eigenvalue weighted by molar-refractivity contribution is -0.122. The average Bonchev–Trinajstić information content (AvgIpc) is 2.69. The van der Waals surface area contributed by atoms with E-state index in [0.717, 1.165) is 5.56 Å². The highest BCUT2D eigenvalue weighted by molar-refractivity contribution is 9.10. The molecule has 1 saturated heterocycles. The number of carbonyl (C=O) groups excluding carboxylic acids is 2. The predicted octanol–water partition coefficient (Wildman–Crippen LogP) is 4.65. The van der Waals surface area contributed by atoms with Gasteiger partial charge in [0.25, 0.3) is 11.8 Å². The molecule has 0 spiro atoms. The van der Waals surface area contributed by atoms with Crippen molar-refractivity contribution in [2.24, 2.45) is 0 Å². The third-order valence-electron chi connectivity index (χ3n) is 4.40. The van der Waals surface area contributed by atoms with Gasteiger partial charge < -0.3 is 9.47 Å².